The molecule has 0 spiro atoms. The summed E-state index contributed by atoms with van der Waals surface area (Å²) in [5.41, 5.74) is 9.38. The highest BCUT2D eigenvalue weighted by atomic mass is 16.5. The van der Waals surface area contributed by atoms with E-state index in [9.17, 15) is 0 Å². The lowest BCUT2D eigenvalue weighted by Gasteiger charge is -2.18. The van der Waals surface area contributed by atoms with Crippen LogP contribution in [0.15, 0.2) is 24.5 Å². The Labute approximate surface area is 107 Å². The Kier molecular flexibility index (Phi) is 3.67. The molecule has 0 radical (unpaired) electrons. The van der Waals surface area contributed by atoms with Crippen LogP contribution in [0.25, 0.3) is 0 Å². The van der Waals surface area contributed by atoms with Gasteiger partial charge >= 0.3 is 0 Å². The maximum atomic E-state index is 5.89. The molecule has 1 atom stereocenters. The largest absolute Gasteiger partial charge is 0.496 e. The van der Waals surface area contributed by atoms with Crippen LogP contribution in [0.2, 0.25) is 0 Å². The minimum atomic E-state index is 0.101. The molecule has 0 aliphatic heterocycles. The summed E-state index contributed by atoms with van der Waals surface area (Å²) in [6.45, 7) is 4.64. The SMILES string of the molecule is COc1cc(C)c(C(CN)c2ncc[nH]2)cc1C. The van der Waals surface area contributed by atoms with Crippen LogP contribution in [0.3, 0.4) is 0 Å². The second-order valence-electron chi connectivity index (χ2n) is 4.44. The maximum absolute atomic E-state index is 5.89. The predicted octanol–water partition coefficient (Wildman–Crippen LogP) is 2.13. The number of aromatic nitrogens is 2. The van der Waals surface area contributed by atoms with Crippen molar-refractivity contribution in [2.24, 2.45) is 5.73 Å². The fourth-order valence-corrected chi connectivity index (χ4v) is 2.26. The quantitative estimate of drug-likeness (QED) is 0.867. The van der Waals surface area contributed by atoms with Crippen molar-refractivity contribution in [3.05, 3.63) is 47.0 Å². The number of benzene rings is 1. The zero-order valence-corrected chi connectivity index (χ0v) is 11.0. The van der Waals surface area contributed by atoms with E-state index >= 15 is 0 Å². The number of ether oxygens (including phenoxy) is 1. The van der Waals surface area contributed by atoms with E-state index in [0.717, 1.165) is 17.1 Å². The summed E-state index contributed by atoms with van der Waals surface area (Å²) in [6.07, 6.45) is 3.58. The van der Waals surface area contributed by atoms with E-state index in [2.05, 4.69) is 29.0 Å². The monoisotopic (exact) mass is 245 g/mol. The number of nitrogens with one attached hydrogen (secondary N) is 1. The third kappa shape index (κ3) is 2.24. The van der Waals surface area contributed by atoms with E-state index in [-0.39, 0.29) is 5.92 Å². The van der Waals surface area contributed by atoms with Gasteiger partial charge in [0.05, 0.1) is 13.0 Å². The molecule has 1 aromatic carbocycles. The summed E-state index contributed by atoms with van der Waals surface area (Å²) in [5, 5.41) is 0. The Morgan fingerprint density at radius 3 is 2.67 bits per heavy atom. The molecule has 18 heavy (non-hydrogen) atoms. The number of imidazole rings is 1. The fourth-order valence-electron chi connectivity index (χ4n) is 2.26. The molecule has 0 saturated carbocycles. The summed E-state index contributed by atoms with van der Waals surface area (Å²) < 4.78 is 5.33. The summed E-state index contributed by atoms with van der Waals surface area (Å²) >= 11 is 0. The zero-order valence-electron chi connectivity index (χ0n) is 11.0. The first-order chi connectivity index (χ1) is 8.67. The van der Waals surface area contributed by atoms with Gasteiger partial charge < -0.3 is 15.5 Å². The Hall–Kier alpha value is -1.81. The van der Waals surface area contributed by atoms with E-state index in [4.69, 9.17) is 10.5 Å². The number of hydrogen-bond donors (Lipinski definition) is 2. The highest BCUT2D eigenvalue weighted by molar-refractivity contribution is 5.44. The van der Waals surface area contributed by atoms with Crippen molar-refractivity contribution >= 4 is 0 Å². The number of hydrogen-bond acceptors (Lipinski definition) is 3. The summed E-state index contributed by atoms with van der Waals surface area (Å²) in [7, 11) is 1.69. The van der Waals surface area contributed by atoms with Crippen LogP contribution in [-0.4, -0.2) is 23.6 Å². The summed E-state index contributed by atoms with van der Waals surface area (Å²) in [6, 6.07) is 4.19. The van der Waals surface area contributed by atoms with Crippen LogP contribution < -0.4 is 10.5 Å². The highest BCUT2D eigenvalue weighted by Crippen LogP contribution is 2.29. The van der Waals surface area contributed by atoms with Crippen molar-refractivity contribution in [1.82, 2.24) is 9.97 Å². The number of aromatic amines is 1. The third-order valence-corrected chi connectivity index (χ3v) is 3.24. The van der Waals surface area contributed by atoms with Gasteiger partial charge in [-0.05, 0) is 36.6 Å². The topological polar surface area (TPSA) is 63.9 Å². The van der Waals surface area contributed by atoms with Crippen molar-refractivity contribution < 1.29 is 4.74 Å². The van der Waals surface area contributed by atoms with Gasteiger partial charge in [-0.1, -0.05) is 6.07 Å². The van der Waals surface area contributed by atoms with Crippen LogP contribution in [0.1, 0.15) is 28.4 Å². The lowest BCUT2D eigenvalue weighted by atomic mass is 9.92. The first-order valence-electron chi connectivity index (χ1n) is 6.01. The van der Waals surface area contributed by atoms with Gasteiger partial charge in [0, 0.05) is 18.9 Å². The molecular formula is C14H19N3O. The Morgan fingerprint density at radius 2 is 2.11 bits per heavy atom. The standard InChI is InChI=1S/C14H19N3O/c1-9-7-13(18-3)10(2)6-11(9)12(8-15)14-16-4-5-17-14/h4-7,12H,8,15H2,1-3H3,(H,16,17). The maximum Gasteiger partial charge on any atom is 0.122 e. The average molecular weight is 245 g/mol. The first kappa shape index (κ1) is 12.6. The molecule has 1 heterocycles. The molecule has 1 aromatic heterocycles. The molecule has 0 bridgehead atoms. The molecule has 1 unspecified atom stereocenters. The summed E-state index contributed by atoms with van der Waals surface area (Å²) in [5.74, 6) is 1.92. The fraction of sp³-hybridized carbons (Fsp3) is 0.357. The lowest BCUT2D eigenvalue weighted by Crippen LogP contribution is -2.16. The van der Waals surface area contributed by atoms with Gasteiger partial charge in [0.1, 0.15) is 11.6 Å². The average Bonchev–Trinajstić information content (AvgIpc) is 2.87. The Balaban J connectivity index is 2.46. The normalized spacial score (nSPS) is 12.4. The molecule has 4 nitrogen and oxygen atoms in total. The molecule has 0 amide bonds. The van der Waals surface area contributed by atoms with E-state index in [1.165, 1.54) is 11.1 Å². The van der Waals surface area contributed by atoms with Crippen molar-refractivity contribution in [2.75, 3.05) is 13.7 Å². The van der Waals surface area contributed by atoms with Crippen molar-refractivity contribution in [3.63, 3.8) is 0 Å². The first-order valence-corrected chi connectivity index (χ1v) is 6.01. The molecule has 96 valence electrons. The number of nitrogens with two attached hydrogens (primary N) is 1. The number of nitrogens with zero attached hydrogens (tertiary/aromatic N) is 1. The third-order valence-electron chi connectivity index (χ3n) is 3.24. The van der Waals surface area contributed by atoms with Gasteiger partial charge in [-0.3, -0.25) is 0 Å². The number of rotatable bonds is 4. The second-order valence-corrected chi connectivity index (χ2v) is 4.44. The molecule has 3 N–H and O–H groups in total. The molecule has 4 heteroatoms. The Bertz CT molecular complexity index is 520. The van der Waals surface area contributed by atoms with Gasteiger partial charge in [0.2, 0.25) is 0 Å². The summed E-state index contributed by atoms with van der Waals surface area (Å²) in [4.78, 5) is 7.45. The molecule has 2 aromatic rings. The van der Waals surface area contributed by atoms with Crippen LogP contribution >= 0.6 is 0 Å². The van der Waals surface area contributed by atoms with Gasteiger partial charge in [0.15, 0.2) is 0 Å². The van der Waals surface area contributed by atoms with Crippen molar-refractivity contribution in [1.29, 1.82) is 0 Å². The second kappa shape index (κ2) is 5.23. The van der Waals surface area contributed by atoms with Crippen LogP contribution in [0.5, 0.6) is 5.75 Å². The zero-order chi connectivity index (χ0) is 13.1. The lowest BCUT2D eigenvalue weighted by molar-refractivity contribution is 0.411. The molecule has 0 aliphatic carbocycles. The minimum absolute atomic E-state index is 0.101. The molecule has 2 rings (SSSR count). The minimum Gasteiger partial charge on any atom is -0.496 e. The van der Waals surface area contributed by atoms with Crippen molar-refractivity contribution in [2.45, 2.75) is 19.8 Å². The number of aryl methyl sites for hydroxylation is 2. The van der Waals surface area contributed by atoms with Crippen LogP contribution in [0.4, 0.5) is 0 Å². The van der Waals surface area contributed by atoms with E-state index < -0.39 is 0 Å². The van der Waals surface area contributed by atoms with E-state index in [1.807, 2.05) is 13.1 Å². The van der Waals surface area contributed by atoms with Gasteiger partial charge in [-0.2, -0.15) is 0 Å². The van der Waals surface area contributed by atoms with E-state index in [0.29, 0.717) is 6.54 Å². The van der Waals surface area contributed by atoms with Crippen LogP contribution in [0, 0.1) is 13.8 Å². The number of methoxy groups -OCH3 is 1. The van der Waals surface area contributed by atoms with Crippen molar-refractivity contribution in [3.8, 4) is 5.75 Å². The predicted molar refractivity (Wildman–Crippen MR) is 72.0 cm³/mol. The molecule has 0 aliphatic rings. The number of H-pyrrole nitrogens is 1. The van der Waals surface area contributed by atoms with Gasteiger partial charge in [-0.15, -0.1) is 0 Å². The van der Waals surface area contributed by atoms with Gasteiger partial charge in [-0.25, -0.2) is 4.98 Å². The van der Waals surface area contributed by atoms with Crippen LogP contribution in [-0.2, 0) is 0 Å². The molecular weight excluding hydrogens is 226 g/mol. The highest BCUT2D eigenvalue weighted by Gasteiger charge is 2.18. The smallest absolute Gasteiger partial charge is 0.122 e. The van der Waals surface area contributed by atoms with Gasteiger partial charge in [0.25, 0.3) is 0 Å². The Morgan fingerprint density at radius 1 is 1.33 bits per heavy atom. The van der Waals surface area contributed by atoms with E-state index in [1.54, 1.807) is 13.3 Å². The molecule has 0 saturated heterocycles. The molecule has 0 fully saturated rings.